The van der Waals surface area contributed by atoms with Gasteiger partial charge in [-0.25, -0.2) is 0 Å². The van der Waals surface area contributed by atoms with E-state index < -0.39 is 4.92 Å². The van der Waals surface area contributed by atoms with Gasteiger partial charge in [0.15, 0.2) is 0 Å². The molecule has 2 N–H and O–H groups in total. The van der Waals surface area contributed by atoms with Gasteiger partial charge in [0.2, 0.25) is 5.91 Å². The van der Waals surface area contributed by atoms with Gasteiger partial charge in [0.25, 0.3) is 5.69 Å². The molecule has 0 bridgehead atoms. The second-order valence-electron chi connectivity index (χ2n) is 7.95. The molecule has 7 heteroatoms. The third-order valence-electron chi connectivity index (χ3n) is 5.96. The average molecular weight is 426 g/mol. The van der Waals surface area contributed by atoms with Gasteiger partial charge >= 0.3 is 0 Å². The zero-order chi connectivity index (χ0) is 22.1. The molecule has 0 aliphatic carbocycles. The molecule has 0 fully saturated rings. The molecule has 1 aliphatic rings. The number of aromatic nitrogens is 1. The third-order valence-corrected chi connectivity index (χ3v) is 5.96. The zero-order valence-corrected chi connectivity index (χ0v) is 17.3. The van der Waals surface area contributed by atoms with Crippen LogP contribution >= 0.6 is 0 Å². The molecule has 1 aliphatic heterocycles. The first kappa shape index (κ1) is 20.0. The van der Waals surface area contributed by atoms with Gasteiger partial charge in [-0.3, -0.25) is 19.8 Å². The number of fused-ring (bicyclic) bond motifs is 3. The Kier molecular flexibility index (Phi) is 5.17. The normalized spacial score (nSPS) is 15.9. The molecular weight excluding hydrogens is 404 g/mol. The fraction of sp³-hybridized carbons (Fsp3) is 0.160. The van der Waals surface area contributed by atoms with Crippen LogP contribution in [0, 0.1) is 10.1 Å². The van der Waals surface area contributed by atoms with Crippen LogP contribution in [0.1, 0.15) is 22.9 Å². The van der Waals surface area contributed by atoms with E-state index in [1.165, 1.54) is 23.1 Å². The first-order valence-electron chi connectivity index (χ1n) is 10.5. The summed E-state index contributed by atoms with van der Waals surface area (Å²) in [5.41, 5.74) is 5.21. The summed E-state index contributed by atoms with van der Waals surface area (Å²) in [4.78, 5) is 29.0. The van der Waals surface area contributed by atoms with E-state index in [9.17, 15) is 14.9 Å². The number of nitro groups is 1. The van der Waals surface area contributed by atoms with Gasteiger partial charge in [0, 0.05) is 41.0 Å². The molecule has 4 aromatic rings. The van der Waals surface area contributed by atoms with Crippen LogP contribution in [-0.4, -0.2) is 33.8 Å². The largest absolute Gasteiger partial charge is 0.357 e. The number of benzene rings is 3. The summed E-state index contributed by atoms with van der Waals surface area (Å²) >= 11 is 0. The van der Waals surface area contributed by atoms with Crippen molar-refractivity contribution in [1.29, 1.82) is 0 Å². The van der Waals surface area contributed by atoms with E-state index in [4.69, 9.17) is 0 Å². The number of rotatable bonds is 5. The highest BCUT2D eigenvalue weighted by atomic mass is 16.6. The predicted octanol–water partition coefficient (Wildman–Crippen LogP) is 4.66. The van der Waals surface area contributed by atoms with E-state index in [2.05, 4.69) is 45.5 Å². The van der Waals surface area contributed by atoms with Crippen LogP contribution in [0.25, 0.3) is 10.9 Å². The summed E-state index contributed by atoms with van der Waals surface area (Å²) in [6.07, 6.45) is 0.855. The Morgan fingerprint density at radius 3 is 2.50 bits per heavy atom. The second kappa shape index (κ2) is 8.28. The lowest BCUT2D eigenvalue weighted by molar-refractivity contribution is -0.384. The maximum Gasteiger partial charge on any atom is 0.269 e. The second-order valence-corrected chi connectivity index (χ2v) is 7.95. The minimum atomic E-state index is -0.457. The lowest BCUT2D eigenvalue weighted by Gasteiger charge is -2.35. The maximum absolute atomic E-state index is 12.9. The van der Waals surface area contributed by atoms with E-state index in [-0.39, 0.29) is 24.2 Å². The van der Waals surface area contributed by atoms with Crippen LogP contribution in [0.15, 0.2) is 78.9 Å². The number of para-hydroxylation sites is 1. The van der Waals surface area contributed by atoms with Gasteiger partial charge < -0.3 is 10.3 Å². The third kappa shape index (κ3) is 3.74. The van der Waals surface area contributed by atoms with Gasteiger partial charge in [0.1, 0.15) is 0 Å². The van der Waals surface area contributed by atoms with Crippen molar-refractivity contribution in [3.05, 3.63) is 106 Å². The van der Waals surface area contributed by atoms with Gasteiger partial charge in [-0.05, 0) is 35.7 Å². The summed E-state index contributed by atoms with van der Waals surface area (Å²) < 4.78 is 0. The number of nitrogens with zero attached hydrogens (tertiary/aromatic N) is 2. The van der Waals surface area contributed by atoms with Gasteiger partial charge in [0.05, 0.1) is 17.5 Å². The number of hydrogen-bond donors (Lipinski definition) is 2. The molecule has 0 saturated heterocycles. The number of nitrogens with one attached hydrogen (secondary N) is 2. The Hall–Kier alpha value is -3.97. The Balaban J connectivity index is 1.42. The van der Waals surface area contributed by atoms with Crippen LogP contribution in [0.5, 0.6) is 0 Å². The summed E-state index contributed by atoms with van der Waals surface area (Å²) in [7, 11) is 0. The van der Waals surface area contributed by atoms with Crippen LogP contribution in [-0.2, 0) is 11.2 Å². The monoisotopic (exact) mass is 426 g/mol. The van der Waals surface area contributed by atoms with Crippen LogP contribution in [0.3, 0.4) is 0 Å². The number of aromatic amines is 1. The smallest absolute Gasteiger partial charge is 0.269 e. The van der Waals surface area contributed by atoms with Crippen molar-refractivity contribution >= 4 is 28.2 Å². The highest BCUT2D eigenvalue weighted by Crippen LogP contribution is 2.38. The van der Waals surface area contributed by atoms with E-state index >= 15 is 0 Å². The SMILES string of the molecule is O=C(CN1CCc2c([nH]c3ccccc23)C1c1ccccc1)Nc1ccc([N+](=O)[O-])cc1. The van der Waals surface area contributed by atoms with Crippen LogP contribution in [0.2, 0.25) is 0 Å². The molecular formula is C25H22N4O3. The lowest BCUT2D eigenvalue weighted by atomic mass is 9.92. The fourth-order valence-electron chi connectivity index (χ4n) is 4.53. The first-order chi connectivity index (χ1) is 15.6. The van der Waals surface area contributed by atoms with Crippen molar-refractivity contribution < 1.29 is 9.72 Å². The lowest BCUT2D eigenvalue weighted by Crippen LogP contribution is -2.41. The highest BCUT2D eigenvalue weighted by Gasteiger charge is 2.32. The van der Waals surface area contributed by atoms with E-state index in [0.717, 1.165) is 29.7 Å². The average Bonchev–Trinajstić information content (AvgIpc) is 3.18. The minimum Gasteiger partial charge on any atom is -0.357 e. The first-order valence-corrected chi connectivity index (χ1v) is 10.5. The zero-order valence-electron chi connectivity index (χ0n) is 17.3. The van der Waals surface area contributed by atoms with Crippen molar-refractivity contribution in [3.63, 3.8) is 0 Å². The van der Waals surface area contributed by atoms with Crippen LogP contribution in [0.4, 0.5) is 11.4 Å². The van der Waals surface area contributed by atoms with Crippen molar-refractivity contribution in [2.24, 2.45) is 0 Å². The standard InChI is InChI=1S/C25H22N4O3/c30-23(26-18-10-12-19(13-11-18)29(31)32)16-28-15-14-21-20-8-4-5-9-22(20)27-24(21)25(28)17-6-2-1-3-7-17/h1-13,25,27H,14-16H2,(H,26,30). The molecule has 0 radical (unpaired) electrons. The van der Waals surface area contributed by atoms with E-state index in [0.29, 0.717) is 5.69 Å². The molecule has 0 spiro atoms. The number of amides is 1. The summed E-state index contributed by atoms with van der Waals surface area (Å²) in [6, 6.07) is 24.3. The molecule has 2 heterocycles. The number of hydrogen-bond acceptors (Lipinski definition) is 4. The van der Waals surface area contributed by atoms with Crippen molar-refractivity contribution in [2.75, 3.05) is 18.4 Å². The van der Waals surface area contributed by atoms with E-state index in [1.807, 2.05) is 24.3 Å². The maximum atomic E-state index is 12.9. The summed E-state index contributed by atoms with van der Waals surface area (Å²) in [6.45, 7) is 0.966. The van der Waals surface area contributed by atoms with Crippen LogP contribution < -0.4 is 5.32 Å². The molecule has 1 atom stereocenters. The topological polar surface area (TPSA) is 91.3 Å². The molecule has 1 unspecified atom stereocenters. The Morgan fingerprint density at radius 2 is 1.75 bits per heavy atom. The number of anilines is 1. The number of nitro benzene ring substituents is 1. The quantitative estimate of drug-likeness (QED) is 0.359. The summed E-state index contributed by atoms with van der Waals surface area (Å²) in [5.74, 6) is -0.153. The molecule has 7 nitrogen and oxygen atoms in total. The van der Waals surface area contributed by atoms with Crippen molar-refractivity contribution in [2.45, 2.75) is 12.5 Å². The molecule has 1 aromatic heterocycles. The Labute approximate surface area is 184 Å². The van der Waals surface area contributed by atoms with Gasteiger partial charge in [-0.2, -0.15) is 0 Å². The molecule has 5 rings (SSSR count). The molecule has 3 aromatic carbocycles. The van der Waals surface area contributed by atoms with E-state index in [1.54, 1.807) is 12.1 Å². The fourth-order valence-corrected chi connectivity index (χ4v) is 4.53. The molecule has 160 valence electrons. The molecule has 0 saturated carbocycles. The molecule has 1 amide bonds. The summed E-state index contributed by atoms with van der Waals surface area (Å²) in [5, 5.41) is 14.9. The number of non-ortho nitro benzene ring substituents is 1. The Bertz CT molecular complexity index is 1280. The Morgan fingerprint density at radius 1 is 1.03 bits per heavy atom. The van der Waals surface area contributed by atoms with Gasteiger partial charge in [-0.15, -0.1) is 0 Å². The number of carbonyl (C=O) groups excluding carboxylic acids is 1. The number of carbonyl (C=O) groups is 1. The van der Waals surface area contributed by atoms with Gasteiger partial charge in [-0.1, -0.05) is 48.5 Å². The minimum absolute atomic E-state index is 0.00508. The highest BCUT2D eigenvalue weighted by molar-refractivity contribution is 5.92. The molecule has 32 heavy (non-hydrogen) atoms. The predicted molar refractivity (Wildman–Crippen MR) is 124 cm³/mol. The van der Waals surface area contributed by atoms with Crippen molar-refractivity contribution in [3.8, 4) is 0 Å². The van der Waals surface area contributed by atoms with Crippen molar-refractivity contribution in [1.82, 2.24) is 9.88 Å². The number of H-pyrrole nitrogens is 1.